The summed E-state index contributed by atoms with van der Waals surface area (Å²) in [6.07, 6.45) is 7.06. The maximum Gasteiger partial charge on any atom is 0.0722 e. The monoisotopic (exact) mass is 444 g/mol. The summed E-state index contributed by atoms with van der Waals surface area (Å²) in [5.41, 5.74) is 11.5. The van der Waals surface area contributed by atoms with Gasteiger partial charge in [0, 0.05) is 3.57 Å². The van der Waals surface area contributed by atoms with Gasteiger partial charge in [0.2, 0.25) is 0 Å². The lowest BCUT2D eigenvalue weighted by molar-refractivity contribution is 0.780. The molecule has 0 amide bonds. The summed E-state index contributed by atoms with van der Waals surface area (Å²) in [6.45, 7) is 0. The van der Waals surface area contributed by atoms with Crippen molar-refractivity contribution in [2.45, 2.75) is 18.3 Å². The van der Waals surface area contributed by atoms with Crippen molar-refractivity contribution < 1.29 is 0 Å². The van der Waals surface area contributed by atoms with Gasteiger partial charge in [0.25, 0.3) is 0 Å². The van der Waals surface area contributed by atoms with Gasteiger partial charge in [-0.1, -0.05) is 66.7 Å². The highest BCUT2D eigenvalue weighted by Crippen LogP contribution is 2.63. The van der Waals surface area contributed by atoms with Gasteiger partial charge in [0.05, 0.1) is 5.41 Å². The fourth-order valence-electron chi connectivity index (χ4n) is 5.35. The van der Waals surface area contributed by atoms with Crippen molar-refractivity contribution in [2.75, 3.05) is 0 Å². The maximum atomic E-state index is 2.46. The largest absolute Gasteiger partial charge is 0.0839 e. The van der Waals surface area contributed by atoms with Gasteiger partial charge in [-0.2, -0.15) is 0 Å². The van der Waals surface area contributed by atoms with Crippen molar-refractivity contribution in [1.82, 2.24) is 0 Å². The van der Waals surface area contributed by atoms with Crippen LogP contribution in [0.25, 0.3) is 16.7 Å². The highest BCUT2D eigenvalue weighted by Gasteiger charge is 2.52. The number of hydrogen-bond acceptors (Lipinski definition) is 0. The molecule has 6 rings (SSSR count). The summed E-state index contributed by atoms with van der Waals surface area (Å²) in [5.74, 6) is 0. The Bertz CT molecular complexity index is 1100. The van der Waals surface area contributed by atoms with Crippen LogP contribution in [0, 0.1) is 3.57 Å². The minimum atomic E-state index is -0.143. The molecule has 0 bridgehead atoms. The standard InChI is InChI=1S/C25H17I/c26-16-13-14-20-19-9-3-6-12-23(19)25(24(20)15-16)21-10-4-1-7-17(21)18-8-2-5-11-22(18)25/h1-2,4-8,10-15H,3,9H2. The molecule has 1 spiro atoms. The van der Waals surface area contributed by atoms with Crippen LogP contribution in [0.5, 0.6) is 0 Å². The summed E-state index contributed by atoms with van der Waals surface area (Å²) in [6, 6.07) is 25.0. The molecule has 0 saturated heterocycles. The van der Waals surface area contributed by atoms with Crippen molar-refractivity contribution in [3.8, 4) is 11.1 Å². The molecule has 0 atom stereocenters. The maximum absolute atomic E-state index is 2.46. The Morgan fingerprint density at radius 2 is 1.42 bits per heavy atom. The Kier molecular flexibility index (Phi) is 3.00. The predicted molar refractivity (Wildman–Crippen MR) is 116 cm³/mol. The molecule has 0 radical (unpaired) electrons. The zero-order valence-corrected chi connectivity index (χ0v) is 16.5. The number of allylic oxidation sites excluding steroid dienone is 4. The molecule has 0 fully saturated rings. The van der Waals surface area contributed by atoms with Crippen molar-refractivity contribution in [2.24, 2.45) is 0 Å². The van der Waals surface area contributed by atoms with E-state index < -0.39 is 0 Å². The molecule has 0 unspecified atom stereocenters. The lowest BCUT2D eigenvalue weighted by Gasteiger charge is -2.32. The van der Waals surface area contributed by atoms with E-state index in [4.69, 9.17) is 0 Å². The van der Waals surface area contributed by atoms with Crippen LogP contribution in [0.2, 0.25) is 0 Å². The highest BCUT2D eigenvalue weighted by atomic mass is 127. The number of rotatable bonds is 0. The van der Waals surface area contributed by atoms with Crippen LogP contribution in [-0.4, -0.2) is 0 Å². The Hall–Kier alpha value is -2.13. The Balaban J connectivity index is 1.84. The molecule has 0 nitrogen and oxygen atoms in total. The van der Waals surface area contributed by atoms with Gasteiger partial charge in [-0.25, -0.2) is 0 Å². The predicted octanol–water partition coefficient (Wildman–Crippen LogP) is 6.72. The average molecular weight is 444 g/mol. The number of benzene rings is 3. The first-order chi connectivity index (χ1) is 12.8. The van der Waals surface area contributed by atoms with E-state index in [0.29, 0.717) is 0 Å². The summed E-state index contributed by atoms with van der Waals surface area (Å²) in [7, 11) is 0. The molecule has 3 aliphatic carbocycles. The summed E-state index contributed by atoms with van der Waals surface area (Å²) in [5, 5.41) is 0. The van der Waals surface area contributed by atoms with Gasteiger partial charge in [-0.05, 0) is 92.1 Å². The van der Waals surface area contributed by atoms with Gasteiger partial charge in [-0.3, -0.25) is 0 Å². The molecule has 0 N–H and O–H groups in total. The lowest BCUT2D eigenvalue weighted by atomic mass is 9.69. The zero-order chi connectivity index (χ0) is 17.3. The van der Waals surface area contributed by atoms with Crippen molar-refractivity contribution in [3.63, 3.8) is 0 Å². The lowest BCUT2D eigenvalue weighted by Crippen LogP contribution is -2.27. The second kappa shape index (κ2) is 5.20. The van der Waals surface area contributed by atoms with Crippen LogP contribution in [0.4, 0.5) is 0 Å². The average Bonchev–Trinajstić information content (AvgIpc) is 3.15. The van der Waals surface area contributed by atoms with Crippen LogP contribution in [0.3, 0.4) is 0 Å². The minimum absolute atomic E-state index is 0.143. The molecule has 0 saturated carbocycles. The molecule has 124 valence electrons. The third-order valence-corrected chi connectivity index (χ3v) is 6.91. The van der Waals surface area contributed by atoms with Gasteiger partial charge in [0.15, 0.2) is 0 Å². The van der Waals surface area contributed by atoms with E-state index in [1.807, 2.05) is 0 Å². The van der Waals surface area contributed by atoms with E-state index in [2.05, 4.69) is 101 Å². The van der Waals surface area contributed by atoms with E-state index in [1.165, 1.54) is 42.5 Å². The van der Waals surface area contributed by atoms with E-state index in [0.717, 1.165) is 12.8 Å². The number of fused-ring (bicyclic) bond motifs is 9. The molecule has 3 aliphatic rings. The van der Waals surface area contributed by atoms with Crippen LogP contribution >= 0.6 is 22.6 Å². The SMILES string of the molecule is Ic1ccc2c(c1)C1(C3=C2CCC=C3)c2ccccc2-c2ccccc21. The summed E-state index contributed by atoms with van der Waals surface area (Å²) in [4.78, 5) is 0. The van der Waals surface area contributed by atoms with Gasteiger partial charge < -0.3 is 0 Å². The van der Waals surface area contributed by atoms with Gasteiger partial charge in [-0.15, -0.1) is 0 Å². The molecule has 0 aromatic heterocycles. The third-order valence-electron chi connectivity index (χ3n) is 6.24. The molecule has 26 heavy (non-hydrogen) atoms. The van der Waals surface area contributed by atoms with Gasteiger partial charge in [0.1, 0.15) is 0 Å². The molecule has 1 heteroatoms. The molecule has 0 heterocycles. The molecular weight excluding hydrogens is 427 g/mol. The Labute approximate surface area is 167 Å². The van der Waals surface area contributed by atoms with E-state index in [9.17, 15) is 0 Å². The molecule has 3 aromatic carbocycles. The van der Waals surface area contributed by atoms with E-state index >= 15 is 0 Å². The molecule has 3 aromatic rings. The minimum Gasteiger partial charge on any atom is -0.0839 e. The highest BCUT2D eigenvalue weighted by molar-refractivity contribution is 14.1. The van der Waals surface area contributed by atoms with Crippen LogP contribution in [-0.2, 0) is 5.41 Å². The smallest absolute Gasteiger partial charge is 0.0722 e. The van der Waals surface area contributed by atoms with Crippen LogP contribution in [0.15, 0.2) is 84.5 Å². The van der Waals surface area contributed by atoms with E-state index in [1.54, 1.807) is 5.57 Å². The quantitative estimate of drug-likeness (QED) is 0.338. The summed E-state index contributed by atoms with van der Waals surface area (Å²) < 4.78 is 1.31. The third kappa shape index (κ3) is 1.65. The Morgan fingerprint density at radius 3 is 2.15 bits per heavy atom. The summed E-state index contributed by atoms with van der Waals surface area (Å²) >= 11 is 2.46. The molecular formula is C25H17I. The van der Waals surface area contributed by atoms with Crippen LogP contribution < -0.4 is 0 Å². The fourth-order valence-corrected chi connectivity index (χ4v) is 5.84. The first kappa shape index (κ1) is 15.0. The van der Waals surface area contributed by atoms with Gasteiger partial charge >= 0.3 is 0 Å². The number of halogens is 1. The number of hydrogen-bond donors (Lipinski definition) is 0. The topological polar surface area (TPSA) is 0 Å². The molecule has 0 aliphatic heterocycles. The first-order valence-electron chi connectivity index (χ1n) is 9.22. The van der Waals surface area contributed by atoms with Crippen LogP contribution in [0.1, 0.15) is 35.1 Å². The second-order valence-electron chi connectivity index (χ2n) is 7.36. The van der Waals surface area contributed by atoms with Crippen molar-refractivity contribution >= 4 is 28.2 Å². The van der Waals surface area contributed by atoms with Crippen molar-refractivity contribution in [1.29, 1.82) is 0 Å². The van der Waals surface area contributed by atoms with Crippen molar-refractivity contribution in [3.05, 3.63) is 110 Å². The first-order valence-corrected chi connectivity index (χ1v) is 10.3. The Morgan fingerprint density at radius 1 is 0.731 bits per heavy atom. The zero-order valence-electron chi connectivity index (χ0n) is 14.3. The normalized spacial score (nSPS) is 17.9. The van der Waals surface area contributed by atoms with E-state index in [-0.39, 0.29) is 5.41 Å². The second-order valence-corrected chi connectivity index (χ2v) is 8.61. The fraction of sp³-hybridized carbons (Fsp3) is 0.120.